The summed E-state index contributed by atoms with van der Waals surface area (Å²) in [5.74, 6) is 1.11. The lowest BCUT2D eigenvalue weighted by Crippen LogP contribution is -2.16. The average molecular weight is 114 g/mol. The molecule has 1 aliphatic rings. The third-order valence-electron chi connectivity index (χ3n) is 1.79. The minimum absolute atomic E-state index is 0.0185. The molecule has 0 bridgehead atoms. The van der Waals surface area contributed by atoms with E-state index in [-0.39, 0.29) is 6.10 Å². The number of aliphatic hydroxyl groups excluding tert-OH is 1. The van der Waals surface area contributed by atoms with Crippen molar-refractivity contribution in [1.29, 1.82) is 0 Å². The summed E-state index contributed by atoms with van der Waals surface area (Å²) in [5, 5.41) is 9.27. The zero-order valence-corrected chi connectivity index (χ0v) is 5.59. The van der Waals surface area contributed by atoms with Crippen molar-refractivity contribution < 1.29 is 5.11 Å². The number of aliphatic hydroxyl groups is 1. The number of hydrogen-bond donors (Lipinski definition) is 1. The highest BCUT2D eigenvalue weighted by Crippen LogP contribution is 2.35. The molecule has 0 amide bonds. The van der Waals surface area contributed by atoms with E-state index < -0.39 is 0 Å². The van der Waals surface area contributed by atoms with Crippen molar-refractivity contribution >= 4 is 0 Å². The van der Waals surface area contributed by atoms with Gasteiger partial charge in [0, 0.05) is 0 Å². The maximum absolute atomic E-state index is 9.27. The lowest BCUT2D eigenvalue weighted by Gasteiger charge is -2.11. The summed E-state index contributed by atoms with van der Waals surface area (Å²) < 4.78 is 0. The van der Waals surface area contributed by atoms with Crippen LogP contribution in [0.15, 0.2) is 0 Å². The van der Waals surface area contributed by atoms with Crippen LogP contribution in [0.3, 0.4) is 0 Å². The monoisotopic (exact) mass is 114 g/mol. The van der Waals surface area contributed by atoms with Crippen molar-refractivity contribution in [1.82, 2.24) is 0 Å². The van der Waals surface area contributed by atoms with Crippen LogP contribution in [-0.2, 0) is 0 Å². The molecule has 0 aliphatic heterocycles. The zero-order valence-electron chi connectivity index (χ0n) is 5.59. The Morgan fingerprint density at radius 1 is 1.38 bits per heavy atom. The third kappa shape index (κ3) is 1.22. The first kappa shape index (κ1) is 6.09. The third-order valence-corrected chi connectivity index (χ3v) is 1.79. The molecule has 1 saturated carbocycles. The maximum Gasteiger partial charge on any atom is 0.0591 e. The van der Waals surface area contributed by atoms with Gasteiger partial charge in [0.1, 0.15) is 0 Å². The van der Waals surface area contributed by atoms with Crippen LogP contribution in [0.4, 0.5) is 0 Å². The van der Waals surface area contributed by atoms with Gasteiger partial charge < -0.3 is 5.11 Å². The SMILES string of the molecule is CC(C)C(O)C1CC1. The normalized spacial score (nSPS) is 24.0. The van der Waals surface area contributed by atoms with Gasteiger partial charge in [-0.15, -0.1) is 0 Å². The summed E-state index contributed by atoms with van der Waals surface area (Å²) in [5.41, 5.74) is 0. The van der Waals surface area contributed by atoms with Gasteiger partial charge in [-0.25, -0.2) is 0 Å². The molecular weight excluding hydrogens is 100 g/mol. The number of rotatable bonds is 2. The predicted molar refractivity (Wildman–Crippen MR) is 33.6 cm³/mol. The van der Waals surface area contributed by atoms with E-state index in [0.717, 1.165) is 0 Å². The lowest BCUT2D eigenvalue weighted by molar-refractivity contribution is 0.103. The topological polar surface area (TPSA) is 20.2 Å². The fourth-order valence-electron chi connectivity index (χ4n) is 0.982. The van der Waals surface area contributed by atoms with Gasteiger partial charge in [0.25, 0.3) is 0 Å². The van der Waals surface area contributed by atoms with Gasteiger partial charge in [0.2, 0.25) is 0 Å². The van der Waals surface area contributed by atoms with Gasteiger partial charge in [-0.2, -0.15) is 0 Å². The Morgan fingerprint density at radius 3 is 2.00 bits per heavy atom. The van der Waals surface area contributed by atoms with Crippen molar-refractivity contribution in [3.05, 3.63) is 0 Å². The quantitative estimate of drug-likeness (QED) is 0.575. The summed E-state index contributed by atoms with van der Waals surface area (Å²) in [4.78, 5) is 0. The van der Waals surface area contributed by atoms with Gasteiger partial charge in [0.15, 0.2) is 0 Å². The molecule has 1 rings (SSSR count). The standard InChI is InChI=1S/C7H14O/c1-5(2)7(8)6-3-4-6/h5-8H,3-4H2,1-2H3. The van der Waals surface area contributed by atoms with Gasteiger partial charge in [-0.05, 0) is 24.7 Å². The van der Waals surface area contributed by atoms with Crippen molar-refractivity contribution in [2.24, 2.45) is 11.8 Å². The van der Waals surface area contributed by atoms with Crippen LogP contribution in [0.5, 0.6) is 0 Å². The van der Waals surface area contributed by atoms with Gasteiger partial charge in [0.05, 0.1) is 6.10 Å². The molecule has 1 nitrogen and oxygen atoms in total. The first-order valence-corrected chi connectivity index (χ1v) is 3.40. The molecule has 1 fully saturated rings. The minimum atomic E-state index is -0.0185. The van der Waals surface area contributed by atoms with Crippen LogP contribution < -0.4 is 0 Å². The Bertz CT molecular complexity index is 72.5. The first-order valence-electron chi connectivity index (χ1n) is 3.40. The van der Waals surface area contributed by atoms with Crippen molar-refractivity contribution in [2.75, 3.05) is 0 Å². The largest absolute Gasteiger partial charge is 0.393 e. The van der Waals surface area contributed by atoms with Gasteiger partial charge >= 0.3 is 0 Å². The molecular formula is C7H14O. The Labute approximate surface area is 50.7 Å². The van der Waals surface area contributed by atoms with E-state index in [1.807, 2.05) is 0 Å². The molecule has 1 heteroatoms. The molecule has 0 radical (unpaired) electrons. The predicted octanol–water partition coefficient (Wildman–Crippen LogP) is 1.41. The number of hydrogen-bond acceptors (Lipinski definition) is 1. The maximum atomic E-state index is 9.27. The van der Waals surface area contributed by atoms with Crippen LogP contribution in [-0.4, -0.2) is 11.2 Å². The molecule has 1 aliphatic carbocycles. The molecule has 1 N–H and O–H groups in total. The molecule has 8 heavy (non-hydrogen) atoms. The van der Waals surface area contributed by atoms with E-state index >= 15 is 0 Å². The van der Waals surface area contributed by atoms with Crippen molar-refractivity contribution in [2.45, 2.75) is 32.8 Å². The van der Waals surface area contributed by atoms with Gasteiger partial charge in [-0.3, -0.25) is 0 Å². The Hall–Kier alpha value is -0.0400. The highest BCUT2D eigenvalue weighted by atomic mass is 16.3. The second-order valence-electron chi connectivity index (χ2n) is 3.07. The first-order chi connectivity index (χ1) is 3.72. The van der Waals surface area contributed by atoms with Crippen LogP contribution in [0.1, 0.15) is 26.7 Å². The molecule has 1 atom stereocenters. The fourth-order valence-corrected chi connectivity index (χ4v) is 0.982. The summed E-state index contributed by atoms with van der Waals surface area (Å²) in [7, 11) is 0. The fraction of sp³-hybridized carbons (Fsp3) is 1.00. The summed E-state index contributed by atoms with van der Waals surface area (Å²) in [6, 6.07) is 0. The summed E-state index contributed by atoms with van der Waals surface area (Å²) in [6.45, 7) is 4.14. The molecule has 0 heterocycles. The van der Waals surface area contributed by atoms with Crippen LogP contribution in [0.25, 0.3) is 0 Å². The Morgan fingerprint density at radius 2 is 1.88 bits per heavy atom. The average Bonchev–Trinajstić information content (AvgIpc) is 2.43. The van der Waals surface area contributed by atoms with E-state index in [0.29, 0.717) is 11.8 Å². The molecule has 0 aromatic rings. The van der Waals surface area contributed by atoms with Gasteiger partial charge in [-0.1, -0.05) is 13.8 Å². The van der Waals surface area contributed by atoms with E-state index in [4.69, 9.17) is 0 Å². The second kappa shape index (κ2) is 2.06. The van der Waals surface area contributed by atoms with Crippen LogP contribution in [0.2, 0.25) is 0 Å². The molecule has 0 aromatic carbocycles. The van der Waals surface area contributed by atoms with Crippen LogP contribution in [0, 0.1) is 11.8 Å². The highest BCUT2D eigenvalue weighted by molar-refractivity contribution is 4.82. The van der Waals surface area contributed by atoms with Crippen molar-refractivity contribution in [3.63, 3.8) is 0 Å². The van der Waals surface area contributed by atoms with Crippen LogP contribution >= 0.6 is 0 Å². The van der Waals surface area contributed by atoms with E-state index in [1.165, 1.54) is 12.8 Å². The van der Waals surface area contributed by atoms with Crippen molar-refractivity contribution in [3.8, 4) is 0 Å². The Kier molecular flexibility index (Phi) is 1.57. The molecule has 0 aromatic heterocycles. The molecule has 0 spiro atoms. The molecule has 48 valence electrons. The lowest BCUT2D eigenvalue weighted by atomic mass is 10.0. The zero-order chi connectivity index (χ0) is 6.15. The van der Waals surface area contributed by atoms with E-state index in [9.17, 15) is 5.11 Å². The van der Waals surface area contributed by atoms with E-state index in [1.54, 1.807) is 0 Å². The van der Waals surface area contributed by atoms with E-state index in [2.05, 4.69) is 13.8 Å². The summed E-state index contributed by atoms with van der Waals surface area (Å²) >= 11 is 0. The second-order valence-corrected chi connectivity index (χ2v) is 3.07. The summed E-state index contributed by atoms with van der Waals surface area (Å²) in [6.07, 6.45) is 2.48. The molecule has 1 unspecified atom stereocenters. The molecule has 0 saturated heterocycles. The highest BCUT2D eigenvalue weighted by Gasteiger charge is 2.31. The Balaban J connectivity index is 2.22. The minimum Gasteiger partial charge on any atom is -0.393 e. The smallest absolute Gasteiger partial charge is 0.0591 e.